The van der Waals surface area contributed by atoms with E-state index in [-0.39, 0.29) is 23.7 Å². The predicted molar refractivity (Wildman–Crippen MR) is 96.4 cm³/mol. The molecule has 3 rings (SSSR count). The Balaban J connectivity index is 0.00000192. The molecule has 2 aliphatic rings. The monoisotopic (exact) mass is 338 g/mol. The predicted octanol–water partition coefficient (Wildman–Crippen LogP) is 2.82. The second kappa shape index (κ2) is 7.97. The molecule has 2 N–H and O–H groups in total. The van der Waals surface area contributed by atoms with E-state index in [9.17, 15) is 4.79 Å². The van der Waals surface area contributed by atoms with Crippen LogP contribution in [0.2, 0.25) is 0 Å². The molecular weight excluding hydrogens is 312 g/mol. The minimum atomic E-state index is -0.168. The SMILES string of the molecule is CCC1(C(=O)Nc2ccc(N3CCNCC3)cn2)CCCC1.Cl. The van der Waals surface area contributed by atoms with Crippen molar-refractivity contribution in [1.29, 1.82) is 0 Å². The summed E-state index contributed by atoms with van der Waals surface area (Å²) in [5.41, 5.74) is 0.962. The van der Waals surface area contributed by atoms with E-state index in [0.29, 0.717) is 5.82 Å². The molecule has 2 heterocycles. The van der Waals surface area contributed by atoms with Gasteiger partial charge in [-0.05, 0) is 31.4 Å². The van der Waals surface area contributed by atoms with E-state index in [1.54, 1.807) is 0 Å². The van der Waals surface area contributed by atoms with Crippen LogP contribution in [0, 0.1) is 5.41 Å². The molecule has 1 aromatic rings. The summed E-state index contributed by atoms with van der Waals surface area (Å²) < 4.78 is 0. The van der Waals surface area contributed by atoms with Crippen LogP contribution in [0.25, 0.3) is 0 Å². The van der Waals surface area contributed by atoms with Crippen LogP contribution in [0.3, 0.4) is 0 Å². The fourth-order valence-electron chi connectivity index (χ4n) is 3.61. The van der Waals surface area contributed by atoms with Crippen LogP contribution in [-0.2, 0) is 4.79 Å². The molecule has 1 aliphatic carbocycles. The number of carbonyl (C=O) groups is 1. The summed E-state index contributed by atoms with van der Waals surface area (Å²) in [6.07, 6.45) is 7.13. The molecule has 1 aliphatic heterocycles. The zero-order valence-corrected chi connectivity index (χ0v) is 14.6. The van der Waals surface area contributed by atoms with E-state index in [1.165, 1.54) is 0 Å². The van der Waals surface area contributed by atoms with E-state index in [0.717, 1.165) is 64.0 Å². The fourth-order valence-corrected chi connectivity index (χ4v) is 3.61. The second-order valence-corrected chi connectivity index (χ2v) is 6.43. The normalized spacial score (nSPS) is 20.0. The minimum absolute atomic E-state index is 0. The minimum Gasteiger partial charge on any atom is -0.368 e. The molecule has 0 radical (unpaired) electrons. The summed E-state index contributed by atoms with van der Waals surface area (Å²) in [4.78, 5) is 19.3. The summed E-state index contributed by atoms with van der Waals surface area (Å²) in [6, 6.07) is 3.98. The van der Waals surface area contributed by atoms with Crippen LogP contribution in [0.4, 0.5) is 11.5 Å². The van der Waals surface area contributed by atoms with Crippen molar-refractivity contribution in [1.82, 2.24) is 10.3 Å². The van der Waals surface area contributed by atoms with Crippen LogP contribution in [0.1, 0.15) is 39.0 Å². The number of anilines is 2. The Kier molecular flexibility index (Phi) is 6.25. The molecule has 1 saturated heterocycles. The molecule has 0 aromatic carbocycles. The molecule has 0 spiro atoms. The first-order chi connectivity index (χ1) is 10.7. The average molecular weight is 339 g/mol. The summed E-state index contributed by atoms with van der Waals surface area (Å²) in [5, 5.41) is 6.37. The van der Waals surface area contributed by atoms with Gasteiger partial charge in [-0.3, -0.25) is 4.79 Å². The van der Waals surface area contributed by atoms with Gasteiger partial charge >= 0.3 is 0 Å². The van der Waals surface area contributed by atoms with Gasteiger partial charge in [-0.1, -0.05) is 19.8 Å². The van der Waals surface area contributed by atoms with Gasteiger partial charge in [-0.25, -0.2) is 4.98 Å². The van der Waals surface area contributed by atoms with Gasteiger partial charge in [-0.2, -0.15) is 0 Å². The first kappa shape index (κ1) is 18.0. The molecule has 5 nitrogen and oxygen atoms in total. The highest BCUT2D eigenvalue weighted by Crippen LogP contribution is 2.41. The van der Waals surface area contributed by atoms with Gasteiger partial charge in [0.1, 0.15) is 5.82 Å². The quantitative estimate of drug-likeness (QED) is 0.886. The highest BCUT2D eigenvalue weighted by Gasteiger charge is 2.39. The highest BCUT2D eigenvalue weighted by molar-refractivity contribution is 5.94. The topological polar surface area (TPSA) is 57.3 Å². The molecule has 1 amide bonds. The van der Waals surface area contributed by atoms with Crippen molar-refractivity contribution in [3.05, 3.63) is 18.3 Å². The number of nitrogens with zero attached hydrogens (tertiary/aromatic N) is 2. The van der Waals surface area contributed by atoms with Crippen molar-refractivity contribution in [2.24, 2.45) is 5.41 Å². The third-order valence-electron chi connectivity index (χ3n) is 5.19. The summed E-state index contributed by atoms with van der Waals surface area (Å²) in [5.74, 6) is 0.818. The van der Waals surface area contributed by atoms with Crippen LogP contribution < -0.4 is 15.5 Å². The lowest BCUT2D eigenvalue weighted by molar-refractivity contribution is -0.125. The number of piperazine rings is 1. The fraction of sp³-hybridized carbons (Fsp3) is 0.647. The maximum Gasteiger partial charge on any atom is 0.231 e. The molecule has 23 heavy (non-hydrogen) atoms. The Labute approximate surface area is 144 Å². The van der Waals surface area contributed by atoms with Gasteiger partial charge in [0, 0.05) is 31.6 Å². The van der Waals surface area contributed by atoms with Crippen LogP contribution in [0.5, 0.6) is 0 Å². The highest BCUT2D eigenvalue weighted by atomic mass is 35.5. The van der Waals surface area contributed by atoms with E-state index in [2.05, 4.69) is 33.5 Å². The van der Waals surface area contributed by atoms with Crippen molar-refractivity contribution in [2.75, 3.05) is 36.4 Å². The summed E-state index contributed by atoms with van der Waals surface area (Å²) in [6.45, 7) is 6.15. The molecule has 6 heteroatoms. The Hall–Kier alpha value is -1.33. The van der Waals surface area contributed by atoms with Gasteiger partial charge in [0.05, 0.1) is 11.9 Å². The Morgan fingerprint density at radius 1 is 1.30 bits per heavy atom. The number of halogens is 1. The molecule has 1 aromatic heterocycles. The van der Waals surface area contributed by atoms with Gasteiger partial charge in [-0.15, -0.1) is 12.4 Å². The average Bonchev–Trinajstić information content (AvgIpc) is 3.07. The Morgan fingerprint density at radius 2 is 2.00 bits per heavy atom. The lowest BCUT2D eigenvalue weighted by Crippen LogP contribution is -2.43. The number of hydrogen-bond donors (Lipinski definition) is 2. The molecule has 2 fully saturated rings. The maximum absolute atomic E-state index is 12.6. The molecule has 0 bridgehead atoms. The maximum atomic E-state index is 12.6. The smallest absolute Gasteiger partial charge is 0.231 e. The molecule has 1 saturated carbocycles. The Morgan fingerprint density at radius 3 is 2.57 bits per heavy atom. The zero-order chi connectivity index (χ0) is 15.4. The second-order valence-electron chi connectivity index (χ2n) is 6.43. The van der Waals surface area contributed by atoms with Crippen LogP contribution >= 0.6 is 12.4 Å². The summed E-state index contributed by atoms with van der Waals surface area (Å²) >= 11 is 0. The molecule has 128 valence electrons. The van der Waals surface area contributed by atoms with Gasteiger partial charge in [0.15, 0.2) is 0 Å². The number of nitrogens with one attached hydrogen (secondary N) is 2. The molecular formula is C17H27ClN4O. The first-order valence-corrected chi connectivity index (χ1v) is 8.47. The molecule has 0 unspecified atom stereocenters. The largest absolute Gasteiger partial charge is 0.368 e. The van der Waals surface area contributed by atoms with Gasteiger partial charge in [0.25, 0.3) is 0 Å². The summed E-state index contributed by atoms with van der Waals surface area (Å²) in [7, 11) is 0. The first-order valence-electron chi connectivity index (χ1n) is 8.47. The number of hydrogen-bond acceptors (Lipinski definition) is 4. The van der Waals surface area contributed by atoms with Crippen molar-refractivity contribution < 1.29 is 4.79 Å². The lowest BCUT2D eigenvalue weighted by atomic mass is 9.82. The number of amides is 1. The number of aromatic nitrogens is 1. The Bertz CT molecular complexity index is 508. The number of pyridine rings is 1. The van der Waals surface area contributed by atoms with E-state index >= 15 is 0 Å². The van der Waals surface area contributed by atoms with Gasteiger partial charge < -0.3 is 15.5 Å². The molecule has 0 atom stereocenters. The lowest BCUT2D eigenvalue weighted by Gasteiger charge is -2.29. The number of rotatable bonds is 4. The van der Waals surface area contributed by atoms with E-state index < -0.39 is 0 Å². The third kappa shape index (κ3) is 3.96. The number of carbonyl (C=O) groups excluding carboxylic acids is 1. The van der Waals surface area contributed by atoms with E-state index in [1.807, 2.05) is 12.3 Å². The van der Waals surface area contributed by atoms with Crippen LogP contribution in [-0.4, -0.2) is 37.1 Å². The van der Waals surface area contributed by atoms with Crippen LogP contribution in [0.15, 0.2) is 18.3 Å². The van der Waals surface area contributed by atoms with Gasteiger partial charge in [0.2, 0.25) is 5.91 Å². The van der Waals surface area contributed by atoms with Crippen molar-refractivity contribution >= 4 is 29.8 Å². The van der Waals surface area contributed by atoms with Crippen molar-refractivity contribution in [3.8, 4) is 0 Å². The third-order valence-corrected chi connectivity index (χ3v) is 5.19. The van der Waals surface area contributed by atoms with E-state index in [4.69, 9.17) is 0 Å². The van der Waals surface area contributed by atoms with Crippen molar-refractivity contribution in [3.63, 3.8) is 0 Å². The zero-order valence-electron chi connectivity index (χ0n) is 13.8. The van der Waals surface area contributed by atoms with Crippen molar-refractivity contribution in [2.45, 2.75) is 39.0 Å². The standard InChI is InChI=1S/C17H26N4O.ClH/c1-2-17(7-3-4-8-17)16(22)20-15-6-5-14(13-19-15)21-11-9-18-10-12-21;/h5-6,13,18H,2-4,7-12H2,1H3,(H,19,20,22);1H.